The van der Waals surface area contributed by atoms with Crippen LogP contribution < -0.4 is 15.2 Å². The zero-order chi connectivity index (χ0) is 29.1. The molecule has 2 aliphatic heterocycles. The van der Waals surface area contributed by atoms with Gasteiger partial charge in [-0.05, 0) is 59.7 Å². The molecule has 41 heavy (non-hydrogen) atoms. The van der Waals surface area contributed by atoms with Gasteiger partial charge < -0.3 is 20.1 Å². The molecule has 1 amide bonds. The highest BCUT2D eigenvalue weighted by Crippen LogP contribution is 2.38. The quantitative estimate of drug-likeness (QED) is 0.384. The maximum atomic E-state index is 13.9. The van der Waals surface area contributed by atoms with Gasteiger partial charge in [-0.3, -0.25) is 9.59 Å². The van der Waals surface area contributed by atoms with Crippen LogP contribution in [0, 0.1) is 0 Å². The first-order valence-corrected chi connectivity index (χ1v) is 14.3. The highest BCUT2D eigenvalue weighted by molar-refractivity contribution is 7.96. The standard InChI is InChI=1S/C32H28N2O6S/c1-39-24-12-8-21(9-13-24)18-27-28(19-22-10-14-25(40-2)15-11-22)34-17-16-23(20-29(34)30(27)35)31(32(33)36)41(37,38)26-6-4-3-5-7-26/h3-17,20H,18-19H2,1-2H3,(H2,33,36)/b31-23-. The molecule has 2 N–H and O–H groups in total. The maximum Gasteiger partial charge on any atom is 0.261 e. The second-order valence-electron chi connectivity index (χ2n) is 9.48. The van der Waals surface area contributed by atoms with Gasteiger partial charge in [0.1, 0.15) is 16.4 Å². The smallest absolute Gasteiger partial charge is 0.261 e. The summed E-state index contributed by atoms with van der Waals surface area (Å²) in [4.78, 5) is 27.5. The van der Waals surface area contributed by atoms with E-state index in [9.17, 15) is 18.0 Å². The third-order valence-corrected chi connectivity index (χ3v) is 8.85. The largest absolute Gasteiger partial charge is 0.497 e. The number of nitrogens with zero attached hydrogens (tertiary/aromatic N) is 1. The number of ketones is 1. The number of sulfone groups is 1. The van der Waals surface area contributed by atoms with Gasteiger partial charge in [-0.25, -0.2) is 8.42 Å². The topological polar surface area (TPSA) is 116 Å². The number of carbonyl (C=O) groups excluding carboxylic acids is 2. The molecule has 8 nitrogen and oxygen atoms in total. The van der Waals surface area contributed by atoms with E-state index < -0.39 is 20.6 Å². The number of amides is 1. The van der Waals surface area contributed by atoms with E-state index in [2.05, 4.69) is 0 Å². The Hall–Kier alpha value is -4.89. The first-order chi connectivity index (χ1) is 19.7. The summed E-state index contributed by atoms with van der Waals surface area (Å²) in [5.74, 6) is 0.0622. The lowest BCUT2D eigenvalue weighted by molar-refractivity contribution is -0.114. The number of fused-ring (bicyclic) bond motifs is 1. The minimum absolute atomic E-state index is 0.0513. The summed E-state index contributed by atoms with van der Waals surface area (Å²) in [7, 11) is -1.06. The fourth-order valence-corrected chi connectivity index (χ4v) is 6.34. The van der Waals surface area contributed by atoms with Crippen molar-refractivity contribution in [2.24, 2.45) is 5.73 Å². The molecule has 3 aromatic rings. The molecule has 2 heterocycles. The van der Waals surface area contributed by atoms with Gasteiger partial charge in [-0.1, -0.05) is 42.5 Å². The summed E-state index contributed by atoms with van der Waals surface area (Å²) in [5, 5.41) is 0. The molecule has 0 bridgehead atoms. The number of hydrogen-bond acceptors (Lipinski definition) is 7. The number of ether oxygens (including phenoxy) is 2. The molecular weight excluding hydrogens is 540 g/mol. The van der Waals surface area contributed by atoms with Crippen molar-refractivity contribution in [1.29, 1.82) is 0 Å². The number of hydrogen-bond donors (Lipinski definition) is 1. The van der Waals surface area contributed by atoms with Crippen LogP contribution in [0.3, 0.4) is 0 Å². The van der Waals surface area contributed by atoms with Crippen LogP contribution >= 0.6 is 0 Å². The maximum absolute atomic E-state index is 13.9. The van der Waals surface area contributed by atoms with Crippen LogP contribution in [0.15, 0.2) is 130 Å². The van der Waals surface area contributed by atoms with Gasteiger partial charge >= 0.3 is 0 Å². The molecule has 0 spiro atoms. The molecule has 0 radical (unpaired) electrons. The Labute approximate surface area is 238 Å². The van der Waals surface area contributed by atoms with Crippen molar-refractivity contribution in [3.63, 3.8) is 0 Å². The zero-order valence-corrected chi connectivity index (χ0v) is 23.4. The minimum atomic E-state index is -4.24. The number of carbonyl (C=O) groups is 2. The van der Waals surface area contributed by atoms with Crippen LogP contribution in [-0.2, 0) is 32.3 Å². The van der Waals surface area contributed by atoms with E-state index in [0.29, 0.717) is 24.2 Å². The van der Waals surface area contributed by atoms with E-state index in [1.165, 1.54) is 24.3 Å². The summed E-state index contributed by atoms with van der Waals surface area (Å²) in [6.45, 7) is 0. The van der Waals surface area contributed by atoms with E-state index in [0.717, 1.165) is 22.6 Å². The molecule has 2 aliphatic rings. The van der Waals surface area contributed by atoms with E-state index in [4.69, 9.17) is 15.2 Å². The predicted octanol–water partition coefficient (Wildman–Crippen LogP) is 4.25. The molecule has 3 aromatic carbocycles. The average molecular weight is 569 g/mol. The van der Waals surface area contributed by atoms with Gasteiger partial charge in [0, 0.05) is 35.9 Å². The van der Waals surface area contributed by atoms with E-state index >= 15 is 0 Å². The first kappa shape index (κ1) is 27.7. The summed E-state index contributed by atoms with van der Waals surface area (Å²) >= 11 is 0. The van der Waals surface area contributed by atoms with E-state index in [-0.39, 0.29) is 21.9 Å². The molecule has 5 rings (SSSR count). The van der Waals surface area contributed by atoms with Gasteiger partial charge in [-0.2, -0.15) is 0 Å². The van der Waals surface area contributed by atoms with Crippen LogP contribution in [0.1, 0.15) is 11.1 Å². The Morgan fingerprint density at radius 1 is 0.829 bits per heavy atom. The summed E-state index contributed by atoms with van der Waals surface area (Å²) < 4.78 is 37.4. The number of nitrogens with two attached hydrogens (primary N) is 1. The molecule has 0 atom stereocenters. The number of rotatable bonds is 9. The van der Waals surface area contributed by atoms with Crippen molar-refractivity contribution in [2.45, 2.75) is 17.7 Å². The van der Waals surface area contributed by atoms with Crippen LogP contribution in [0.2, 0.25) is 0 Å². The number of primary amides is 1. The Kier molecular flexibility index (Phi) is 7.63. The second kappa shape index (κ2) is 11.3. The van der Waals surface area contributed by atoms with Crippen molar-refractivity contribution in [1.82, 2.24) is 4.90 Å². The fraction of sp³-hybridized carbons (Fsp3) is 0.125. The monoisotopic (exact) mass is 568 g/mol. The van der Waals surface area contributed by atoms with E-state index in [1.54, 1.807) is 43.5 Å². The van der Waals surface area contributed by atoms with Crippen molar-refractivity contribution >= 4 is 21.5 Å². The molecule has 0 fully saturated rings. The molecule has 0 aliphatic carbocycles. The second-order valence-corrected chi connectivity index (χ2v) is 11.4. The summed E-state index contributed by atoms with van der Waals surface area (Å²) in [6.07, 6.45) is 5.33. The SMILES string of the molecule is COc1ccc(CC2=C(Cc3ccc(OC)cc3)N3C=C/C(=C(\C(N)=O)S(=O)(=O)c4ccccc4)C=C3C2=O)cc1. The number of allylic oxidation sites excluding steroid dienone is 5. The Bertz CT molecular complexity index is 1730. The zero-order valence-electron chi connectivity index (χ0n) is 22.5. The molecule has 0 aromatic heterocycles. The normalized spacial score (nSPS) is 15.9. The van der Waals surface area contributed by atoms with Gasteiger partial charge in [0.25, 0.3) is 5.91 Å². The van der Waals surface area contributed by atoms with Gasteiger partial charge in [0.15, 0.2) is 0 Å². The van der Waals surface area contributed by atoms with E-state index in [1.807, 2.05) is 48.5 Å². The molecular formula is C32H28N2O6S. The third kappa shape index (κ3) is 5.44. The minimum Gasteiger partial charge on any atom is -0.497 e. The summed E-state index contributed by atoms with van der Waals surface area (Å²) in [6, 6.07) is 22.6. The lowest BCUT2D eigenvalue weighted by Crippen LogP contribution is -2.24. The number of Topliss-reactive ketones (excluding diaryl/α,β-unsaturated/α-hetero) is 1. The third-order valence-electron chi connectivity index (χ3n) is 6.98. The number of benzene rings is 3. The molecule has 0 unspecified atom stereocenters. The number of methoxy groups -OCH3 is 2. The van der Waals surface area contributed by atoms with Crippen LogP contribution in [0.4, 0.5) is 0 Å². The lowest BCUT2D eigenvalue weighted by Gasteiger charge is -2.23. The van der Waals surface area contributed by atoms with Crippen LogP contribution in [-0.4, -0.2) is 39.2 Å². The van der Waals surface area contributed by atoms with Gasteiger partial charge in [-0.15, -0.1) is 0 Å². The molecule has 0 saturated carbocycles. The van der Waals surface area contributed by atoms with Gasteiger partial charge in [0.05, 0.1) is 24.8 Å². The lowest BCUT2D eigenvalue weighted by atomic mass is 9.98. The fourth-order valence-electron chi connectivity index (χ4n) is 4.89. The summed E-state index contributed by atoms with van der Waals surface area (Å²) in [5.41, 5.74) is 9.08. The van der Waals surface area contributed by atoms with Crippen LogP contribution in [0.5, 0.6) is 11.5 Å². The van der Waals surface area contributed by atoms with Crippen molar-refractivity contribution in [3.8, 4) is 11.5 Å². The van der Waals surface area contributed by atoms with Crippen molar-refractivity contribution < 1.29 is 27.5 Å². The predicted molar refractivity (Wildman–Crippen MR) is 154 cm³/mol. The van der Waals surface area contributed by atoms with Crippen molar-refractivity contribution in [2.75, 3.05) is 14.2 Å². The molecule has 208 valence electrons. The Morgan fingerprint density at radius 3 is 1.93 bits per heavy atom. The Morgan fingerprint density at radius 2 is 1.39 bits per heavy atom. The highest BCUT2D eigenvalue weighted by Gasteiger charge is 2.37. The van der Waals surface area contributed by atoms with Gasteiger partial charge in [0.2, 0.25) is 15.6 Å². The first-order valence-electron chi connectivity index (χ1n) is 12.8. The molecule has 0 saturated heterocycles. The Balaban J connectivity index is 1.59. The highest BCUT2D eigenvalue weighted by atomic mass is 32.2. The average Bonchev–Trinajstić information content (AvgIpc) is 3.23. The molecule has 9 heteroatoms. The van der Waals surface area contributed by atoms with Crippen LogP contribution in [0.25, 0.3) is 0 Å². The van der Waals surface area contributed by atoms with Crippen molar-refractivity contribution in [3.05, 3.63) is 136 Å².